The molecule has 0 heterocycles. The van der Waals surface area contributed by atoms with Crippen LogP contribution in [0.15, 0.2) is 18.2 Å². The first-order valence-corrected chi connectivity index (χ1v) is 5.14. The van der Waals surface area contributed by atoms with Gasteiger partial charge in [0.05, 0.1) is 13.2 Å². The minimum absolute atomic E-state index is 0.0766. The quantitative estimate of drug-likeness (QED) is 0.749. The number of nitriles is 1. The highest BCUT2D eigenvalue weighted by Gasteiger charge is 2.22. The molecule has 0 aliphatic rings. The Balaban J connectivity index is 3.15. The van der Waals surface area contributed by atoms with Crippen LogP contribution in [0.4, 0.5) is 4.39 Å². The number of hydrogen-bond acceptors (Lipinski definition) is 3. The lowest BCUT2D eigenvalue weighted by Gasteiger charge is -2.18. The maximum atomic E-state index is 13.6. The van der Waals surface area contributed by atoms with Crippen molar-refractivity contribution >= 4 is 5.91 Å². The molecule has 0 bridgehead atoms. The SMILES string of the molecule is CCN(CC#N)C(=O)c1c(F)cccc1OC. The van der Waals surface area contributed by atoms with Crippen LogP contribution in [-0.2, 0) is 0 Å². The van der Waals surface area contributed by atoms with Crippen molar-refractivity contribution in [1.29, 1.82) is 5.26 Å². The molecule has 1 amide bonds. The smallest absolute Gasteiger partial charge is 0.261 e. The Hall–Kier alpha value is -2.09. The molecule has 1 aromatic rings. The van der Waals surface area contributed by atoms with Gasteiger partial charge in [-0.25, -0.2) is 4.39 Å². The molecule has 0 saturated carbocycles. The molecule has 90 valence electrons. The minimum Gasteiger partial charge on any atom is -0.496 e. The Morgan fingerprint density at radius 2 is 2.29 bits per heavy atom. The number of ether oxygens (including phenoxy) is 1. The average molecular weight is 236 g/mol. The van der Waals surface area contributed by atoms with E-state index in [1.807, 2.05) is 6.07 Å². The van der Waals surface area contributed by atoms with Crippen molar-refractivity contribution in [3.05, 3.63) is 29.6 Å². The van der Waals surface area contributed by atoms with E-state index in [1.165, 1.54) is 30.2 Å². The second kappa shape index (κ2) is 5.85. The van der Waals surface area contributed by atoms with Crippen molar-refractivity contribution in [2.75, 3.05) is 20.2 Å². The monoisotopic (exact) mass is 236 g/mol. The molecular formula is C12H13FN2O2. The van der Waals surface area contributed by atoms with Gasteiger partial charge in [0.25, 0.3) is 5.91 Å². The molecular weight excluding hydrogens is 223 g/mol. The molecule has 1 aromatic carbocycles. The second-order valence-corrected chi connectivity index (χ2v) is 3.29. The largest absolute Gasteiger partial charge is 0.496 e. The number of methoxy groups -OCH3 is 1. The van der Waals surface area contributed by atoms with Gasteiger partial charge in [-0.15, -0.1) is 0 Å². The Morgan fingerprint density at radius 3 is 2.82 bits per heavy atom. The van der Waals surface area contributed by atoms with E-state index in [1.54, 1.807) is 6.92 Å². The molecule has 0 unspecified atom stereocenters. The summed E-state index contributed by atoms with van der Waals surface area (Å²) >= 11 is 0. The summed E-state index contributed by atoms with van der Waals surface area (Å²) in [5, 5.41) is 8.59. The Bertz CT molecular complexity index is 454. The zero-order valence-electron chi connectivity index (χ0n) is 9.74. The van der Waals surface area contributed by atoms with Gasteiger partial charge in [0.15, 0.2) is 0 Å². The predicted molar refractivity (Wildman–Crippen MR) is 60.1 cm³/mol. The van der Waals surface area contributed by atoms with E-state index in [4.69, 9.17) is 10.00 Å². The number of rotatable bonds is 4. The summed E-state index contributed by atoms with van der Waals surface area (Å²) in [6.07, 6.45) is 0. The van der Waals surface area contributed by atoms with Crippen LogP contribution < -0.4 is 4.74 Å². The Labute approximate surface area is 99.2 Å². The molecule has 0 radical (unpaired) electrons. The maximum Gasteiger partial charge on any atom is 0.261 e. The molecule has 0 atom stereocenters. The number of carbonyl (C=O) groups is 1. The van der Waals surface area contributed by atoms with Crippen LogP contribution >= 0.6 is 0 Å². The standard InChI is InChI=1S/C12H13FN2O2/c1-3-15(8-7-14)12(16)11-9(13)5-4-6-10(11)17-2/h4-6H,3,8H2,1-2H3. The zero-order chi connectivity index (χ0) is 12.8. The van der Waals surface area contributed by atoms with Gasteiger partial charge in [0.1, 0.15) is 23.7 Å². The predicted octanol–water partition coefficient (Wildman–Crippen LogP) is 1.82. The van der Waals surface area contributed by atoms with E-state index >= 15 is 0 Å². The van der Waals surface area contributed by atoms with Gasteiger partial charge in [-0.1, -0.05) is 6.07 Å². The van der Waals surface area contributed by atoms with Crippen molar-refractivity contribution in [3.8, 4) is 11.8 Å². The van der Waals surface area contributed by atoms with Crippen LogP contribution in [-0.4, -0.2) is 31.0 Å². The third kappa shape index (κ3) is 2.72. The summed E-state index contributed by atoms with van der Waals surface area (Å²) in [4.78, 5) is 13.3. The summed E-state index contributed by atoms with van der Waals surface area (Å²) < 4.78 is 18.6. The minimum atomic E-state index is -0.647. The van der Waals surface area contributed by atoms with Gasteiger partial charge in [-0.05, 0) is 19.1 Å². The van der Waals surface area contributed by atoms with Crippen molar-refractivity contribution in [2.45, 2.75) is 6.92 Å². The van der Waals surface area contributed by atoms with Crippen LogP contribution in [0.2, 0.25) is 0 Å². The normalized spacial score (nSPS) is 9.53. The molecule has 0 fully saturated rings. The van der Waals surface area contributed by atoms with Crippen LogP contribution in [0.5, 0.6) is 5.75 Å². The number of benzene rings is 1. The molecule has 4 nitrogen and oxygen atoms in total. The molecule has 0 spiro atoms. The van der Waals surface area contributed by atoms with Crippen molar-refractivity contribution < 1.29 is 13.9 Å². The zero-order valence-corrected chi connectivity index (χ0v) is 9.74. The highest BCUT2D eigenvalue weighted by Crippen LogP contribution is 2.22. The van der Waals surface area contributed by atoms with Crippen molar-refractivity contribution in [1.82, 2.24) is 4.90 Å². The summed E-state index contributed by atoms with van der Waals surface area (Å²) in [7, 11) is 1.37. The Kier molecular flexibility index (Phi) is 4.46. The summed E-state index contributed by atoms with van der Waals surface area (Å²) in [6.45, 7) is 1.99. The Morgan fingerprint density at radius 1 is 1.59 bits per heavy atom. The van der Waals surface area contributed by atoms with Gasteiger partial charge in [-0.2, -0.15) is 5.26 Å². The fourth-order valence-electron chi connectivity index (χ4n) is 1.45. The van der Waals surface area contributed by atoms with Crippen LogP contribution in [0.3, 0.4) is 0 Å². The van der Waals surface area contributed by atoms with Gasteiger partial charge in [0.2, 0.25) is 0 Å². The molecule has 0 aliphatic heterocycles. The highest BCUT2D eigenvalue weighted by atomic mass is 19.1. The molecule has 0 N–H and O–H groups in total. The number of nitrogens with zero attached hydrogens (tertiary/aromatic N) is 2. The number of carbonyl (C=O) groups excluding carboxylic acids is 1. The van der Waals surface area contributed by atoms with Crippen molar-refractivity contribution in [2.24, 2.45) is 0 Å². The topological polar surface area (TPSA) is 53.3 Å². The van der Waals surface area contributed by atoms with Crippen LogP contribution in [0.25, 0.3) is 0 Å². The molecule has 1 rings (SSSR count). The lowest BCUT2D eigenvalue weighted by Crippen LogP contribution is -2.32. The maximum absolute atomic E-state index is 13.6. The van der Waals surface area contributed by atoms with E-state index in [9.17, 15) is 9.18 Å². The lowest BCUT2D eigenvalue weighted by molar-refractivity contribution is 0.0776. The van der Waals surface area contributed by atoms with E-state index in [2.05, 4.69) is 0 Å². The summed E-state index contributed by atoms with van der Waals surface area (Å²) in [5.74, 6) is -1.01. The first kappa shape index (κ1) is 13.0. The average Bonchev–Trinajstić information content (AvgIpc) is 2.34. The van der Waals surface area contributed by atoms with Gasteiger partial charge < -0.3 is 9.64 Å². The number of amides is 1. The summed E-state index contributed by atoms with van der Waals surface area (Å²) in [6, 6.07) is 6.03. The second-order valence-electron chi connectivity index (χ2n) is 3.29. The third-order valence-corrected chi connectivity index (χ3v) is 2.34. The first-order chi connectivity index (χ1) is 8.15. The van der Waals surface area contributed by atoms with E-state index in [0.717, 1.165) is 0 Å². The third-order valence-electron chi connectivity index (χ3n) is 2.34. The van der Waals surface area contributed by atoms with Gasteiger partial charge in [-0.3, -0.25) is 4.79 Å². The molecule has 5 heteroatoms. The fraction of sp³-hybridized carbons (Fsp3) is 0.333. The van der Waals surface area contributed by atoms with E-state index in [0.29, 0.717) is 6.54 Å². The first-order valence-electron chi connectivity index (χ1n) is 5.14. The lowest BCUT2D eigenvalue weighted by atomic mass is 10.1. The van der Waals surface area contributed by atoms with E-state index in [-0.39, 0.29) is 17.9 Å². The van der Waals surface area contributed by atoms with Gasteiger partial charge in [0, 0.05) is 6.54 Å². The fourth-order valence-corrected chi connectivity index (χ4v) is 1.45. The number of hydrogen-bond donors (Lipinski definition) is 0. The molecule has 0 saturated heterocycles. The molecule has 0 aliphatic carbocycles. The van der Waals surface area contributed by atoms with Crippen LogP contribution in [0.1, 0.15) is 17.3 Å². The van der Waals surface area contributed by atoms with Gasteiger partial charge >= 0.3 is 0 Å². The number of halogens is 1. The molecule has 0 aromatic heterocycles. The van der Waals surface area contributed by atoms with E-state index < -0.39 is 11.7 Å². The summed E-state index contributed by atoms with van der Waals surface area (Å²) in [5.41, 5.74) is -0.132. The molecule has 17 heavy (non-hydrogen) atoms. The van der Waals surface area contributed by atoms with Crippen LogP contribution in [0, 0.1) is 17.1 Å². The highest BCUT2D eigenvalue weighted by molar-refractivity contribution is 5.97. The van der Waals surface area contributed by atoms with Crippen molar-refractivity contribution in [3.63, 3.8) is 0 Å².